The van der Waals surface area contributed by atoms with Gasteiger partial charge in [-0.2, -0.15) is 0 Å². The molecule has 0 bridgehead atoms. The van der Waals surface area contributed by atoms with E-state index in [0.717, 1.165) is 31.2 Å². The Balaban J connectivity index is 2.20. The molecule has 1 aromatic carbocycles. The molecule has 0 amide bonds. The quantitative estimate of drug-likeness (QED) is 0.885. The van der Waals surface area contributed by atoms with E-state index in [2.05, 4.69) is 13.8 Å². The van der Waals surface area contributed by atoms with Crippen molar-refractivity contribution in [3.8, 4) is 0 Å². The van der Waals surface area contributed by atoms with E-state index in [9.17, 15) is 5.11 Å². The zero-order valence-corrected chi connectivity index (χ0v) is 12.4. The van der Waals surface area contributed by atoms with Crippen LogP contribution in [0.1, 0.15) is 58.1 Å². The van der Waals surface area contributed by atoms with Crippen molar-refractivity contribution in [1.82, 2.24) is 0 Å². The summed E-state index contributed by atoms with van der Waals surface area (Å²) in [7, 11) is 0. The van der Waals surface area contributed by atoms with Gasteiger partial charge in [-0.25, -0.2) is 0 Å². The molecule has 2 heteroatoms. The van der Waals surface area contributed by atoms with Crippen molar-refractivity contribution in [1.29, 1.82) is 0 Å². The molecule has 2 nitrogen and oxygen atoms in total. The fraction of sp³-hybridized carbons (Fsp3) is 0.647. The predicted molar refractivity (Wildman–Crippen MR) is 78.0 cm³/mol. The number of hydrogen-bond acceptors (Lipinski definition) is 2. The maximum atomic E-state index is 10.8. The summed E-state index contributed by atoms with van der Waals surface area (Å²) in [5.74, 6) is 0. The molecule has 1 aliphatic carbocycles. The van der Waals surface area contributed by atoms with Crippen LogP contribution in [0.3, 0.4) is 0 Å². The van der Waals surface area contributed by atoms with E-state index >= 15 is 0 Å². The molecule has 1 aromatic rings. The zero-order chi connectivity index (χ0) is 13.9. The number of aliphatic hydroxyl groups excluding tert-OH is 1. The Morgan fingerprint density at radius 1 is 1.11 bits per heavy atom. The minimum atomic E-state index is -0.523. The molecule has 0 aliphatic heterocycles. The topological polar surface area (TPSA) is 29.5 Å². The lowest BCUT2D eigenvalue weighted by molar-refractivity contribution is -0.153. The lowest BCUT2D eigenvalue weighted by Gasteiger charge is -2.46. The van der Waals surface area contributed by atoms with E-state index in [4.69, 9.17) is 4.74 Å². The second-order valence-electron chi connectivity index (χ2n) is 6.48. The molecule has 0 radical (unpaired) electrons. The smallest absolute Gasteiger partial charge is 0.108 e. The van der Waals surface area contributed by atoms with E-state index in [-0.39, 0.29) is 0 Å². The zero-order valence-electron chi connectivity index (χ0n) is 12.4. The minimum absolute atomic E-state index is 0.372. The summed E-state index contributed by atoms with van der Waals surface area (Å²) in [6.45, 7) is 7.28. The van der Waals surface area contributed by atoms with Crippen LogP contribution in [0.2, 0.25) is 0 Å². The Labute approximate surface area is 116 Å². The van der Waals surface area contributed by atoms with Gasteiger partial charge in [-0.05, 0) is 43.6 Å². The number of ether oxygens (including phenoxy) is 1. The van der Waals surface area contributed by atoms with Gasteiger partial charge in [0, 0.05) is 6.61 Å². The normalized spacial score (nSPS) is 22.9. The first-order valence-corrected chi connectivity index (χ1v) is 7.36. The van der Waals surface area contributed by atoms with Crippen LogP contribution in [0, 0.1) is 5.41 Å². The first-order chi connectivity index (χ1) is 8.99. The molecule has 1 unspecified atom stereocenters. The van der Waals surface area contributed by atoms with Crippen LogP contribution in [0.4, 0.5) is 0 Å². The van der Waals surface area contributed by atoms with E-state index in [1.54, 1.807) is 0 Å². The summed E-state index contributed by atoms with van der Waals surface area (Å²) in [6.07, 6.45) is 3.56. The highest BCUT2D eigenvalue weighted by Gasteiger charge is 2.44. The third-order valence-corrected chi connectivity index (χ3v) is 4.50. The van der Waals surface area contributed by atoms with Gasteiger partial charge in [-0.1, -0.05) is 44.2 Å². The van der Waals surface area contributed by atoms with Gasteiger partial charge in [-0.3, -0.25) is 0 Å². The lowest BCUT2D eigenvalue weighted by Crippen LogP contribution is -2.44. The summed E-state index contributed by atoms with van der Waals surface area (Å²) in [6, 6.07) is 9.92. The van der Waals surface area contributed by atoms with E-state index < -0.39 is 11.7 Å². The Morgan fingerprint density at radius 3 is 2.21 bits per heavy atom. The van der Waals surface area contributed by atoms with Crippen molar-refractivity contribution in [3.63, 3.8) is 0 Å². The largest absolute Gasteiger partial charge is 0.385 e. The van der Waals surface area contributed by atoms with E-state index in [1.165, 1.54) is 0 Å². The molecule has 1 saturated carbocycles. The highest BCUT2D eigenvalue weighted by molar-refractivity contribution is 5.21. The molecule has 1 atom stereocenters. The number of rotatable bonds is 4. The number of aliphatic hydroxyl groups is 1. The van der Waals surface area contributed by atoms with Crippen molar-refractivity contribution in [2.45, 2.75) is 58.2 Å². The summed E-state index contributed by atoms with van der Waals surface area (Å²) in [5.41, 5.74) is 0.943. The maximum absolute atomic E-state index is 10.8. The number of benzene rings is 1. The molecular formula is C17H26O2. The monoisotopic (exact) mass is 262 g/mol. The van der Waals surface area contributed by atoms with Crippen molar-refractivity contribution in [2.75, 3.05) is 6.61 Å². The maximum Gasteiger partial charge on any atom is 0.108 e. The summed E-state index contributed by atoms with van der Waals surface area (Å²) < 4.78 is 6.03. The van der Waals surface area contributed by atoms with Crippen LogP contribution < -0.4 is 0 Å². The average Bonchev–Trinajstić information content (AvgIpc) is 2.42. The molecule has 106 valence electrons. The van der Waals surface area contributed by atoms with Gasteiger partial charge in [0.1, 0.15) is 6.10 Å². The van der Waals surface area contributed by atoms with Crippen molar-refractivity contribution in [2.24, 2.45) is 5.41 Å². The Bertz CT molecular complexity index is 387. The third kappa shape index (κ3) is 3.18. The molecule has 0 spiro atoms. The van der Waals surface area contributed by atoms with Crippen LogP contribution in [-0.4, -0.2) is 17.3 Å². The van der Waals surface area contributed by atoms with Gasteiger partial charge in [-0.15, -0.1) is 0 Å². The highest BCUT2D eigenvalue weighted by atomic mass is 16.5. The van der Waals surface area contributed by atoms with Gasteiger partial charge < -0.3 is 9.84 Å². The molecule has 1 N–H and O–H groups in total. The van der Waals surface area contributed by atoms with Crippen molar-refractivity contribution < 1.29 is 9.84 Å². The molecule has 1 fully saturated rings. The van der Waals surface area contributed by atoms with Crippen molar-refractivity contribution in [3.05, 3.63) is 35.9 Å². The molecule has 19 heavy (non-hydrogen) atoms. The van der Waals surface area contributed by atoms with Gasteiger partial charge >= 0.3 is 0 Å². The first kappa shape index (κ1) is 14.5. The van der Waals surface area contributed by atoms with E-state index in [0.29, 0.717) is 12.0 Å². The predicted octanol–water partition coefficient (Wildman–Crippen LogP) is 4.10. The van der Waals surface area contributed by atoms with Gasteiger partial charge in [0.15, 0.2) is 0 Å². The molecule has 0 saturated heterocycles. The Morgan fingerprint density at radius 2 is 1.68 bits per heavy atom. The van der Waals surface area contributed by atoms with Crippen LogP contribution in [-0.2, 0) is 4.74 Å². The molecule has 0 heterocycles. The molecule has 1 aliphatic rings. The van der Waals surface area contributed by atoms with E-state index in [1.807, 2.05) is 37.3 Å². The summed E-state index contributed by atoms with van der Waals surface area (Å²) in [4.78, 5) is 0. The Hall–Kier alpha value is -0.860. The van der Waals surface area contributed by atoms with Crippen LogP contribution in [0.5, 0.6) is 0 Å². The van der Waals surface area contributed by atoms with Gasteiger partial charge in [0.05, 0.1) is 5.60 Å². The SMILES string of the molecule is CCOC1(C(O)c2ccccc2)CCC(C)(C)CC1. The molecule has 2 rings (SSSR count). The second-order valence-corrected chi connectivity index (χ2v) is 6.48. The molecular weight excluding hydrogens is 236 g/mol. The Kier molecular flexibility index (Phi) is 4.32. The summed E-state index contributed by atoms with van der Waals surface area (Å²) >= 11 is 0. The van der Waals surface area contributed by atoms with Crippen LogP contribution >= 0.6 is 0 Å². The standard InChI is InChI=1S/C17H26O2/c1-4-19-17(12-10-16(2,3)11-13-17)15(18)14-8-6-5-7-9-14/h5-9,15,18H,4,10-13H2,1-3H3. The number of hydrogen-bond donors (Lipinski definition) is 1. The lowest BCUT2D eigenvalue weighted by atomic mass is 9.68. The fourth-order valence-corrected chi connectivity index (χ4v) is 3.07. The van der Waals surface area contributed by atoms with Crippen LogP contribution in [0.15, 0.2) is 30.3 Å². The van der Waals surface area contributed by atoms with Gasteiger partial charge in [0.25, 0.3) is 0 Å². The fourth-order valence-electron chi connectivity index (χ4n) is 3.07. The summed E-state index contributed by atoms with van der Waals surface area (Å²) in [5, 5.41) is 10.8. The average molecular weight is 262 g/mol. The molecule has 0 aromatic heterocycles. The first-order valence-electron chi connectivity index (χ1n) is 7.36. The second kappa shape index (κ2) is 5.64. The highest BCUT2D eigenvalue weighted by Crippen LogP contribution is 2.47. The third-order valence-electron chi connectivity index (χ3n) is 4.50. The minimum Gasteiger partial charge on any atom is -0.385 e. The van der Waals surface area contributed by atoms with Crippen molar-refractivity contribution >= 4 is 0 Å². The van der Waals surface area contributed by atoms with Crippen LogP contribution in [0.25, 0.3) is 0 Å². The van der Waals surface area contributed by atoms with Gasteiger partial charge in [0.2, 0.25) is 0 Å².